The van der Waals surface area contributed by atoms with Crippen LogP contribution in [0.5, 0.6) is 0 Å². The number of benzene rings is 1. The van der Waals surface area contributed by atoms with Crippen molar-refractivity contribution in [3.8, 4) is 0 Å². The third kappa shape index (κ3) is 2.93. The Morgan fingerprint density at radius 3 is 2.75 bits per heavy atom. The minimum Gasteiger partial charge on any atom is -0.343 e. The highest BCUT2D eigenvalue weighted by Crippen LogP contribution is 2.44. The molecule has 2 atom stereocenters. The van der Waals surface area contributed by atoms with Gasteiger partial charge in [-0.15, -0.1) is 0 Å². The average molecular weight is 445 g/mol. The van der Waals surface area contributed by atoms with E-state index in [1.54, 1.807) is 0 Å². The molecule has 1 aromatic carbocycles. The summed E-state index contributed by atoms with van der Waals surface area (Å²) in [5.74, 6) is 0.172. The maximum Gasteiger partial charge on any atom is 0.230 e. The Balaban J connectivity index is 1.85. The van der Waals surface area contributed by atoms with Crippen LogP contribution in [-0.4, -0.2) is 60.0 Å². The molecule has 0 spiro atoms. The zero-order valence-corrected chi connectivity index (χ0v) is 18.7. The van der Waals surface area contributed by atoms with E-state index >= 15 is 0 Å². The minimum atomic E-state index is -0.0733. The highest BCUT2D eigenvalue weighted by atomic mass is 79.9. The van der Waals surface area contributed by atoms with Gasteiger partial charge in [0.1, 0.15) is 0 Å². The van der Waals surface area contributed by atoms with Crippen LogP contribution in [0.1, 0.15) is 25.0 Å². The Bertz CT molecular complexity index is 944. The number of carbonyl (C=O) groups excluding carboxylic acids is 1. The lowest BCUT2D eigenvalue weighted by atomic mass is 9.79. The first-order valence-electron chi connectivity index (χ1n) is 10.2. The van der Waals surface area contributed by atoms with E-state index in [1.165, 1.54) is 27.6 Å². The normalized spacial score (nSPS) is 21.5. The highest BCUT2D eigenvalue weighted by Gasteiger charge is 2.37. The Morgan fingerprint density at radius 1 is 1.32 bits per heavy atom. The second kappa shape index (κ2) is 7.65. The van der Waals surface area contributed by atoms with Crippen molar-refractivity contribution in [2.75, 3.05) is 33.7 Å². The molecule has 1 amide bonds. The number of nitrogens with one attached hydrogen (secondary N) is 1. The third-order valence-corrected chi connectivity index (χ3v) is 7.20. The summed E-state index contributed by atoms with van der Waals surface area (Å²) in [4.78, 5) is 17.4. The van der Waals surface area contributed by atoms with Gasteiger partial charge in [-0.3, -0.25) is 9.69 Å². The second-order valence-electron chi connectivity index (χ2n) is 7.81. The van der Waals surface area contributed by atoms with E-state index in [9.17, 15) is 4.79 Å². The number of halogens is 1. The first-order valence-corrected chi connectivity index (χ1v) is 11.0. The van der Waals surface area contributed by atoms with Crippen LogP contribution in [-0.2, 0) is 17.9 Å². The largest absolute Gasteiger partial charge is 0.343 e. The van der Waals surface area contributed by atoms with Gasteiger partial charge in [-0.25, -0.2) is 0 Å². The molecule has 1 aliphatic heterocycles. The molecule has 2 unspecified atom stereocenters. The van der Waals surface area contributed by atoms with Crippen LogP contribution < -0.4 is 5.32 Å². The number of hydrogen-bond acceptors (Lipinski definition) is 3. The number of carbonyl (C=O) groups is 1. The van der Waals surface area contributed by atoms with Crippen molar-refractivity contribution in [3.63, 3.8) is 0 Å². The van der Waals surface area contributed by atoms with E-state index in [0.29, 0.717) is 6.04 Å². The van der Waals surface area contributed by atoms with Crippen LogP contribution in [0.3, 0.4) is 0 Å². The topological polar surface area (TPSA) is 40.5 Å². The van der Waals surface area contributed by atoms with Crippen LogP contribution in [0.25, 0.3) is 16.5 Å². The molecular weight excluding hydrogens is 416 g/mol. The van der Waals surface area contributed by atoms with Crippen LogP contribution in [0.15, 0.2) is 28.9 Å². The van der Waals surface area contributed by atoms with Gasteiger partial charge in [0.15, 0.2) is 0 Å². The molecule has 0 saturated carbocycles. The van der Waals surface area contributed by atoms with Crippen molar-refractivity contribution in [3.05, 3.63) is 40.0 Å². The molecule has 1 aromatic heterocycles. The lowest BCUT2D eigenvalue weighted by Crippen LogP contribution is -2.47. The second-order valence-corrected chi connectivity index (χ2v) is 8.56. The molecule has 2 heterocycles. The lowest BCUT2D eigenvalue weighted by molar-refractivity contribution is -0.134. The molecule has 0 radical (unpaired) electrons. The van der Waals surface area contributed by atoms with Gasteiger partial charge in [-0.2, -0.15) is 0 Å². The molecule has 0 fully saturated rings. The van der Waals surface area contributed by atoms with Gasteiger partial charge in [0, 0.05) is 31.1 Å². The van der Waals surface area contributed by atoms with E-state index in [2.05, 4.69) is 75.9 Å². The van der Waals surface area contributed by atoms with E-state index in [-0.39, 0.29) is 11.8 Å². The fourth-order valence-electron chi connectivity index (χ4n) is 4.90. The summed E-state index contributed by atoms with van der Waals surface area (Å²) in [5.41, 5.74) is 5.21. The van der Waals surface area contributed by atoms with Gasteiger partial charge in [-0.1, -0.05) is 18.2 Å². The smallest absolute Gasteiger partial charge is 0.230 e. The molecule has 1 aliphatic carbocycles. The van der Waals surface area contributed by atoms with Gasteiger partial charge in [0.25, 0.3) is 0 Å². The monoisotopic (exact) mass is 444 g/mol. The van der Waals surface area contributed by atoms with Crippen molar-refractivity contribution >= 4 is 38.3 Å². The number of nitrogens with zero attached hydrogens (tertiary/aromatic N) is 3. The van der Waals surface area contributed by atoms with Crippen LogP contribution in [0.4, 0.5) is 0 Å². The summed E-state index contributed by atoms with van der Waals surface area (Å²) in [6.45, 7) is 7.19. The van der Waals surface area contributed by atoms with Gasteiger partial charge in [0.05, 0.1) is 22.7 Å². The van der Waals surface area contributed by atoms with Crippen molar-refractivity contribution in [2.24, 2.45) is 5.92 Å². The molecule has 2 aliphatic rings. The zero-order chi connectivity index (χ0) is 20.0. The van der Waals surface area contributed by atoms with Gasteiger partial charge >= 0.3 is 0 Å². The van der Waals surface area contributed by atoms with Crippen LogP contribution in [0, 0.1) is 5.92 Å². The summed E-state index contributed by atoms with van der Waals surface area (Å²) in [5, 5.41) is 4.60. The van der Waals surface area contributed by atoms with Crippen LogP contribution >= 0.6 is 15.9 Å². The maximum absolute atomic E-state index is 13.0. The summed E-state index contributed by atoms with van der Waals surface area (Å²) in [6.07, 6.45) is 3.23. The van der Waals surface area contributed by atoms with Gasteiger partial charge < -0.3 is 14.8 Å². The number of fused-ring (bicyclic) bond motifs is 2. The number of aromatic nitrogens is 1. The highest BCUT2D eigenvalue weighted by molar-refractivity contribution is 9.10. The van der Waals surface area contributed by atoms with Crippen LogP contribution in [0.2, 0.25) is 0 Å². The number of likely N-dealkylation sites (N-methyl/N-ethyl adjacent to an activating group) is 1. The Morgan fingerprint density at radius 2 is 2.07 bits per heavy atom. The molecule has 2 aromatic rings. The number of amides is 1. The van der Waals surface area contributed by atoms with Gasteiger partial charge in [-0.05, 0) is 73.1 Å². The fraction of sp³-hybridized carbons (Fsp3) is 0.500. The molecule has 1 N–H and O–H groups in total. The maximum atomic E-state index is 13.0. The van der Waals surface area contributed by atoms with E-state index in [0.717, 1.165) is 37.3 Å². The first-order chi connectivity index (χ1) is 13.5. The fourth-order valence-corrected chi connectivity index (χ4v) is 5.57. The van der Waals surface area contributed by atoms with Crippen molar-refractivity contribution in [1.29, 1.82) is 0 Å². The third-order valence-electron chi connectivity index (χ3n) is 6.29. The summed E-state index contributed by atoms with van der Waals surface area (Å²) >= 11 is 3.86. The molecular formula is C22H29BrN4O. The van der Waals surface area contributed by atoms with E-state index in [4.69, 9.17) is 0 Å². The van der Waals surface area contributed by atoms with E-state index < -0.39 is 0 Å². The quantitative estimate of drug-likeness (QED) is 0.768. The summed E-state index contributed by atoms with van der Waals surface area (Å²) in [7, 11) is 4.13. The predicted octanol–water partition coefficient (Wildman–Crippen LogP) is 3.32. The Labute approximate surface area is 175 Å². The SMILES string of the molecule is CCN(CC)C(=O)C1C=C2c3cccc4c3c(c(Br)n4CNC)CC2N(C)C1. The first kappa shape index (κ1) is 19.7. The molecule has 28 heavy (non-hydrogen) atoms. The molecule has 0 bridgehead atoms. The predicted molar refractivity (Wildman–Crippen MR) is 118 cm³/mol. The Kier molecular flexibility index (Phi) is 5.38. The summed E-state index contributed by atoms with van der Waals surface area (Å²) in [6, 6.07) is 6.87. The molecule has 5 nitrogen and oxygen atoms in total. The van der Waals surface area contributed by atoms with Gasteiger partial charge in [0.2, 0.25) is 5.91 Å². The molecule has 0 saturated heterocycles. The standard InChI is InChI=1S/C22H29BrN4O/c1-5-26(6-2)22(28)14-10-16-15-8-7-9-18-20(15)17(11-19(16)25(4)12-14)21(23)27(18)13-24-3/h7-10,14,19,24H,5-6,11-13H2,1-4H3. The average Bonchev–Trinajstić information content (AvgIpc) is 2.97. The Hall–Kier alpha value is -1.63. The van der Waals surface area contributed by atoms with Crippen molar-refractivity contribution in [2.45, 2.75) is 33.0 Å². The number of rotatable bonds is 5. The lowest BCUT2D eigenvalue weighted by Gasteiger charge is -2.40. The molecule has 150 valence electrons. The summed E-state index contributed by atoms with van der Waals surface area (Å²) < 4.78 is 3.46. The minimum absolute atomic E-state index is 0.0733. The molecule has 6 heteroatoms. The molecule has 4 rings (SSSR count). The number of hydrogen-bond donors (Lipinski definition) is 1. The van der Waals surface area contributed by atoms with Crippen molar-refractivity contribution in [1.82, 2.24) is 19.7 Å². The zero-order valence-electron chi connectivity index (χ0n) is 17.1. The van der Waals surface area contributed by atoms with Crippen molar-refractivity contribution < 1.29 is 4.79 Å². The van der Waals surface area contributed by atoms with E-state index in [1.807, 2.05) is 11.9 Å².